The lowest BCUT2D eigenvalue weighted by Gasteiger charge is -2.15. The van der Waals surface area contributed by atoms with Gasteiger partial charge in [-0.15, -0.1) is 10.2 Å². The molecule has 0 spiro atoms. The van der Waals surface area contributed by atoms with E-state index in [0.29, 0.717) is 6.61 Å². The predicted octanol–water partition coefficient (Wildman–Crippen LogP) is 2.08. The van der Waals surface area contributed by atoms with E-state index in [4.69, 9.17) is 10.5 Å². The second-order valence-electron chi connectivity index (χ2n) is 5.76. The Morgan fingerprint density at radius 3 is 3.10 bits per heavy atom. The van der Waals surface area contributed by atoms with Gasteiger partial charge in [-0.1, -0.05) is 12.1 Å². The van der Waals surface area contributed by atoms with Gasteiger partial charge in [0, 0.05) is 19.0 Å². The van der Waals surface area contributed by atoms with Crippen LogP contribution in [0.4, 0.5) is 0 Å². The van der Waals surface area contributed by atoms with Gasteiger partial charge >= 0.3 is 0 Å². The van der Waals surface area contributed by atoms with Gasteiger partial charge in [0.2, 0.25) is 0 Å². The van der Waals surface area contributed by atoms with Crippen molar-refractivity contribution in [1.29, 1.82) is 0 Å². The van der Waals surface area contributed by atoms with E-state index in [1.54, 1.807) is 0 Å². The highest BCUT2D eigenvalue weighted by Crippen LogP contribution is 2.18. The predicted molar refractivity (Wildman–Crippen MR) is 81.1 cm³/mol. The van der Waals surface area contributed by atoms with Gasteiger partial charge < -0.3 is 15.0 Å². The van der Waals surface area contributed by atoms with E-state index in [9.17, 15) is 0 Å². The summed E-state index contributed by atoms with van der Waals surface area (Å²) in [7, 11) is 0. The van der Waals surface area contributed by atoms with Crippen molar-refractivity contribution in [3.05, 3.63) is 41.5 Å². The highest BCUT2D eigenvalue weighted by molar-refractivity contribution is 5.29. The standard InChI is InChI=1S/C16H22N4O/c1-12(17)9-13-5-4-6-14(10-13)21-11-16-19-18-15-7-2-3-8-20(15)16/h4-6,10,12H,2-3,7-9,11,17H2,1H3. The molecule has 21 heavy (non-hydrogen) atoms. The first kappa shape index (κ1) is 14.1. The summed E-state index contributed by atoms with van der Waals surface area (Å²) >= 11 is 0. The Labute approximate surface area is 125 Å². The van der Waals surface area contributed by atoms with Gasteiger partial charge in [-0.25, -0.2) is 0 Å². The number of benzene rings is 1. The summed E-state index contributed by atoms with van der Waals surface area (Å²) < 4.78 is 8.06. The fourth-order valence-electron chi connectivity index (χ4n) is 2.76. The van der Waals surface area contributed by atoms with E-state index in [1.165, 1.54) is 18.4 Å². The maximum Gasteiger partial charge on any atom is 0.171 e. The van der Waals surface area contributed by atoms with Crippen molar-refractivity contribution < 1.29 is 4.74 Å². The van der Waals surface area contributed by atoms with Crippen molar-refractivity contribution in [3.8, 4) is 5.75 Å². The van der Waals surface area contributed by atoms with E-state index in [1.807, 2.05) is 19.1 Å². The molecule has 0 aliphatic carbocycles. The normalized spacial score (nSPS) is 15.5. The third-order valence-corrected chi connectivity index (χ3v) is 3.76. The third-order valence-electron chi connectivity index (χ3n) is 3.76. The molecule has 2 N–H and O–H groups in total. The SMILES string of the molecule is CC(N)Cc1cccc(OCc2nnc3n2CCCC3)c1. The van der Waals surface area contributed by atoms with Gasteiger partial charge in [0.25, 0.3) is 0 Å². The Hall–Kier alpha value is -1.88. The second-order valence-corrected chi connectivity index (χ2v) is 5.76. The summed E-state index contributed by atoms with van der Waals surface area (Å²) in [4.78, 5) is 0. The Morgan fingerprint density at radius 1 is 1.33 bits per heavy atom. The molecule has 0 saturated heterocycles. The van der Waals surface area contributed by atoms with E-state index < -0.39 is 0 Å². The Balaban J connectivity index is 1.66. The first-order valence-corrected chi connectivity index (χ1v) is 7.60. The summed E-state index contributed by atoms with van der Waals surface area (Å²) in [6.07, 6.45) is 4.29. The molecule has 5 heteroatoms. The highest BCUT2D eigenvalue weighted by atomic mass is 16.5. The Morgan fingerprint density at radius 2 is 2.24 bits per heavy atom. The summed E-state index contributed by atoms with van der Waals surface area (Å²) in [6.45, 7) is 3.48. The lowest BCUT2D eigenvalue weighted by atomic mass is 10.1. The molecule has 112 valence electrons. The van der Waals surface area contributed by atoms with Crippen molar-refractivity contribution in [1.82, 2.24) is 14.8 Å². The second kappa shape index (κ2) is 6.26. The number of fused-ring (bicyclic) bond motifs is 1. The van der Waals surface area contributed by atoms with Crippen LogP contribution >= 0.6 is 0 Å². The molecule has 0 bridgehead atoms. The minimum absolute atomic E-state index is 0.156. The summed E-state index contributed by atoms with van der Waals surface area (Å²) in [5.41, 5.74) is 7.04. The van der Waals surface area contributed by atoms with Crippen LogP contribution in [0.3, 0.4) is 0 Å². The van der Waals surface area contributed by atoms with E-state index in [0.717, 1.165) is 36.8 Å². The average Bonchev–Trinajstić information content (AvgIpc) is 2.88. The number of hydrogen-bond acceptors (Lipinski definition) is 4. The monoisotopic (exact) mass is 286 g/mol. The van der Waals surface area contributed by atoms with Gasteiger partial charge in [-0.3, -0.25) is 0 Å². The van der Waals surface area contributed by atoms with E-state index in [-0.39, 0.29) is 6.04 Å². The molecule has 1 aromatic heterocycles. The van der Waals surface area contributed by atoms with Crippen LogP contribution in [0, 0.1) is 0 Å². The van der Waals surface area contributed by atoms with Crippen LogP contribution in [0.15, 0.2) is 24.3 Å². The molecule has 2 aromatic rings. The third kappa shape index (κ3) is 3.42. The summed E-state index contributed by atoms with van der Waals surface area (Å²) in [5.74, 6) is 2.87. The van der Waals surface area contributed by atoms with Crippen molar-refractivity contribution in [3.63, 3.8) is 0 Å². The molecule has 3 rings (SSSR count). The van der Waals surface area contributed by atoms with Gasteiger partial charge in [0.05, 0.1) is 0 Å². The van der Waals surface area contributed by atoms with Crippen LogP contribution < -0.4 is 10.5 Å². The number of nitrogens with two attached hydrogens (primary N) is 1. The minimum atomic E-state index is 0.156. The molecule has 0 radical (unpaired) electrons. The topological polar surface area (TPSA) is 66.0 Å². The van der Waals surface area contributed by atoms with Gasteiger partial charge in [-0.2, -0.15) is 0 Å². The van der Waals surface area contributed by atoms with Crippen LogP contribution in [-0.2, 0) is 26.0 Å². The molecule has 0 fully saturated rings. The maximum absolute atomic E-state index is 5.87. The largest absolute Gasteiger partial charge is 0.486 e. The first-order valence-electron chi connectivity index (χ1n) is 7.60. The number of aromatic nitrogens is 3. The fourth-order valence-corrected chi connectivity index (χ4v) is 2.76. The molecule has 5 nitrogen and oxygen atoms in total. The van der Waals surface area contributed by atoms with Crippen LogP contribution in [-0.4, -0.2) is 20.8 Å². The zero-order valence-electron chi connectivity index (χ0n) is 12.5. The number of hydrogen-bond donors (Lipinski definition) is 1. The lowest BCUT2D eigenvalue weighted by Crippen LogP contribution is -2.17. The van der Waals surface area contributed by atoms with Crippen LogP contribution in [0.25, 0.3) is 0 Å². The lowest BCUT2D eigenvalue weighted by molar-refractivity contribution is 0.286. The molecule has 0 amide bonds. The number of rotatable bonds is 5. The van der Waals surface area contributed by atoms with Crippen molar-refractivity contribution >= 4 is 0 Å². The molecule has 1 aliphatic rings. The molecule has 1 aromatic carbocycles. The Bertz CT molecular complexity index is 606. The number of ether oxygens (including phenoxy) is 1. The number of aryl methyl sites for hydroxylation is 1. The molecule has 2 heterocycles. The van der Waals surface area contributed by atoms with Gasteiger partial charge in [-0.05, 0) is 43.9 Å². The van der Waals surface area contributed by atoms with E-state index >= 15 is 0 Å². The molecular formula is C16H22N4O. The zero-order chi connectivity index (χ0) is 14.7. The quantitative estimate of drug-likeness (QED) is 0.914. The highest BCUT2D eigenvalue weighted by Gasteiger charge is 2.15. The summed E-state index contributed by atoms with van der Waals surface area (Å²) in [6, 6.07) is 8.26. The fraction of sp³-hybridized carbons (Fsp3) is 0.500. The van der Waals surface area contributed by atoms with E-state index in [2.05, 4.69) is 26.9 Å². The van der Waals surface area contributed by atoms with Crippen LogP contribution in [0.5, 0.6) is 5.75 Å². The molecule has 1 aliphatic heterocycles. The van der Waals surface area contributed by atoms with Gasteiger partial charge in [0.1, 0.15) is 18.2 Å². The smallest absolute Gasteiger partial charge is 0.171 e. The molecule has 1 atom stereocenters. The molecule has 1 unspecified atom stereocenters. The summed E-state index contributed by atoms with van der Waals surface area (Å²) in [5, 5.41) is 8.49. The van der Waals surface area contributed by atoms with Crippen LogP contribution in [0.1, 0.15) is 37.0 Å². The molecular weight excluding hydrogens is 264 g/mol. The maximum atomic E-state index is 5.87. The number of nitrogens with zero attached hydrogens (tertiary/aromatic N) is 3. The zero-order valence-corrected chi connectivity index (χ0v) is 12.5. The van der Waals surface area contributed by atoms with Crippen LogP contribution in [0.2, 0.25) is 0 Å². The van der Waals surface area contributed by atoms with Crippen molar-refractivity contribution in [2.45, 2.75) is 51.8 Å². The van der Waals surface area contributed by atoms with Crippen molar-refractivity contribution in [2.24, 2.45) is 5.73 Å². The van der Waals surface area contributed by atoms with Crippen molar-refractivity contribution in [2.75, 3.05) is 0 Å². The molecule has 0 saturated carbocycles. The first-order chi connectivity index (χ1) is 10.2. The minimum Gasteiger partial charge on any atom is -0.486 e. The average molecular weight is 286 g/mol. The Kier molecular flexibility index (Phi) is 4.20. The van der Waals surface area contributed by atoms with Gasteiger partial charge in [0.15, 0.2) is 5.82 Å².